The minimum absolute atomic E-state index is 0. The van der Waals surface area contributed by atoms with Crippen molar-refractivity contribution in [2.24, 2.45) is 7.05 Å². The molecule has 5 aromatic carbocycles. The Bertz CT molecular complexity index is 3400. The second-order valence-corrected chi connectivity index (χ2v) is 17.1. The van der Waals surface area contributed by atoms with Crippen molar-refractivity contribution in [1.82, 2.24) is 24.5 Å². The van der Waals surface area contributed by atoms with Crippen LogP contribution in [0.15, 0.2) is 195 Å². The molecular formula is C58H38N6Pt-2. The molecule has 0 fully saturated rings. The van der Waals surface area contributed by atoms with Crippen LogP contribution in [0.3, 0.4) is 0 Å². The van der Waals surface area contributed by atoms with Crippen molar-refractivity contribution in [2.45, 2.75) is 23.3 Å². The molecule has 0 saturated carbocycles. The molecule has 0 radical (unpaired) electrons. The van der Waals surface area contributed by atoms with Crippen molar-refractivity contribution < 1.29 is 25.6 Å². The van der Waals surface area contributed by atoms with Crippen molar-refractivity contribution in [1.29, 1.82) is 0 Å². The van der Waals surface area contributed by atoms with E-state index in [9.17, 15) is 0 Å². The van der Waals surface area contributed by atoms with Gasteiger partial charge in [-0.2, -0.15) is 48.5 Å². The molecule has 0 spiro atoms. The predicted octanol–water partition coefficient (Wildman–Crippen LogP) is 10.1. The van der Waals surface area contributed by atoms with Crippen LogP contribution in [0, 0.1) is 25.4 Å². The fourth-order valence-corrected chi connectivity index (χ4v) is 11.4. The Labute approximate surface area is 392 Å². The van der Waals surface area contributed by atoms with Crippen LogP contribution in [-0.4, -0.2) is 24.5 Å². The zero-order valence-electron chi connectivity index (χ0n) is 35.5. The van der Waals surface area contributed by atoms with Gasteiger partial charge >= 0.3 is 0 Å². The fraction of sp³-hybridized carbons (Fsp3) is 0.0862. The number of pyridine rings is 4. The predicted molar refractivity (Wildman–Crippen MR) is 246 cm³/mol. The smallest absolute Gasteiger partial charge is 0.204 e. The number of hydrogen-bond acceptors (Lipinski definition) is 4. The maximum atomic E-state index is 5.35. The van der Waals surface area contributed by atoms with Gasteiger partial charge in [-0.1, -0.05) is 91.0 Å². The van der Waals surface area contributed by atoms with Gasteiger partial charge in [-0.25, -0.2) is 0 Å². The second-order valence-electron chi connectivity index (χ2n) is 17.1. The van der Waals surface area contributed by atoms with Crippen molar-refractivity contribution in [3.8, 4) is 33.4 Å². The molecule has 0 amide bonds. The molecule has 3 aliphatic carbocycles. The first-order valence-corrected chi connectivity index (χ1v) is 21.7. The van der Waals surface area contributed by atoms with Gasteiger partial charge in [0.25, 0.3) is 0 Å². The maximum Gasteiger partial charge on any atom is 0.204 e. The topological polar surface area (TPSA) is 60.4 Å². The molecule has 6 nitrogen and oxygen atoms in total. The van der Waals surface area contributed by atoms with Crippen LogP contribution in [0.2, 0.25) is 0 Å². The van der Waals surface area contributed by atoms with Gasteiger partial charge in [0.05, 0.1) is 29.5 Å². The van der Waals surface area contributed by atoms with Gasteiger partial charge in [-0.3, -0.25) is 19.9 Å². The third-order valence-electron chi connectivity index (χ3n) is 13.9. The number of benzene rings is 5. The molecule has 3 aliphatic rings. The van der Waals surface area contributed by atoms with Gasteiger partial charge in [0.15, 0.2) is 5.54 Å². The molecule has 65 heavy (non-hydrogen) atoms. The van der Waals surface area contributed by atoms with Gasteiger partial charge in [-0.15, -0.1) is 22.3 Å². The van der Waals surface area contributed by atoms with Crippen molar-refractivity contribution in [2.75, 3.05) is 0 Å². The number of aromatic nitrogens is 6. The van der Waals surface area contributed by atoms with Crippen LogP contribution >= 0.6 is 0 Å². The SMILES string of the molecule is Cc1ccnc(C2(c3[c-]c(C4(c5[c-]c(C6(n7[c-][n+](C)cc7)c7ccccc7-c7cccnc76)ccc5)c5ccccc5-c5cccnc54)ccc3)c3ccccc3-c3cccnc32)c1.[Pt]. The molecule has 3 unspecified atom stereocenters. The van der Waals surface area contributed by atoms with Crippen molar-refractivity contribution >= 4 is 0 Å². The zero-order chi connectivity index (χ0) is 42.6. The number of imidazole rings is 1. The molecule has 5 aromatic heterocycles. The molecule has 0 saturated heterocycles. The summed E-state index contributed by atoms with van der Waals surface area (Å²) in [5, 5.41) is 0. The minimum Gasteiger partial charge on any atom is -0.354 e. The molecule has 312 valence electrons. The number of nitrogens with zero attached hydrogens (tertiary/aromatic N) is 6. The average molecular weight is 1010 g/mol. The summed E-state index contributed by atoms with van der Waals surface area (Å²) in [4.78, 5) is 21.0. The van der Waals surface area contributed by atoms with E-state index in [1.165, 1.54) is 0 Å². The normalized spacial score (nSPS) is 19.3. The molecule has 0 aliphatic heterocycles. The molecular weight excluding hydrogens is 976 g/mol. The quantitative estimate of drug-likeness (QED) is 0.123. The first-order chi connectivity index (χ1) is 31.5. The Kier molecular flexibility index (Phi) is 8.79. The molecule has 0 N–H and O–H groups in total. The summed E-state index contributed by atoms with van der Waals surface area (Å²) >= 11 is 0. The first-order valence-electron chi connectivity index (χ1n) is 21.7. The Balaban J connectivity index is 0.00000444. The summed E-state index contributed by atoms with van der Waals surface area (Å²) in [5.41, 5.74) is 16.0. The van der Waals surface area contributed by atoms with E-state index in [1.54, 1.807) is 0 Å². The van der Waals surface area contributed by atoms with E-state index in [0.29, 0.717) is 0 Å². The van der Waals surface area contributed by atoms with Crippen LogP contribution < -0.4 is 4.57 Å². The summed E-state index contributed by atoms with van der Waals surface area (Å²) in [6, 6.07) is 64.6. The Morgan fingerprint density at radius 3 is 1.54 bits per heavy atom. The largest absolute Gasteiger partial charge is 0.354 e. The van der Waals surface area contributed by atoms with Gasteiger partial charge in [-0.05, 0) is 83.0 Å². The third-order valence-corrected chi connectivity index (χ3v) is 13.9. The van der Waals surface area contributed by atoms with E-state index in [-0.39, 0.29) is 21.1 Å². The van der Waals surface area contributed by atoms with Crippen LogP contribution in [0.1, 0.15) is 67.3 Å². The van der Waals surface area contributed by atoms with E-state index in [0.717, 1.165) is 101 Å². The van der Waals surface area contributed by atoms with Crippen molar-refractivity contribution in [3.63, 3.8) is 0 Å². The molecule has 0 bridgehead atoms. The van der Waals surface area contributed by atoms with Crippen LogP contribution in [-0.2, 0) is 44.5 Å². The first kappa shape index (κ1) is 39.2. The number of hydrogen-bond donors (Lipinski definition) is 0. The van der Waals surface area contributed by atoms with Gasteiger partial charge in [0, 0.05) is 73.5 Å². The summed E-state index contributed by atoms with van der Waals surface area (Å²) in [5.74, 6) is 0. The summed E-state index contributed by atoms with van der Waals surface area (Å²) in [7, 11) is 2.01. The fourth-order valence-electron chi connectivity index (χ4n) is 11.4. The zero-order valence-corrected chi connectivity index (χ0v) is 37.7. The van der Waals surface area contributed by atoms with Gasteiger partial charge in [0.1, 0.15) is 5.69 Å². The Morgan fingerprint density at radius 2 is 0.938 bits per heavy atom. The van der Waals surface area contributed by atoms with Crippen LogP contribution in [0.4, 0.5) is 0 Å². The summed E-state index contributed by atoms with van der Waals surface area (Å²) in [6.45, 7) is 2.13. The molecule has 3 atom stereocenters. The average Bonchev–Trinajstić information content (AvgIpc) is 4.09. The van der Waals surface area contributed by atoms with Crippen LogP contribution in [0.5, 0.6) is 0 Å². The Morgan fingerprint density at radius 1 is 0.462 bits per heavy atom. The van der Waals surface area contributed by atoms with E-state index in [4.69, 9.17) is 19.9 Å². The molecule has 5 heterocycles. The van der Waals surface area contributed by atoms with Crippen molar-refractivity contribution in [3.05, 3.63) is 281 Å². The number of aryl methyl sites for hydroxylation is 2. The van der Waals surface area contributed by atoms with Gasteiger partial charge in [0.2, 0.25) is 6.33 Å². The monoisotopic (exact) mass is 1010 g/mol. The van der Waals surface area contributed by atoms with Crippen LogP contribution in [0.25, 0.3) is 33.4 Å². The summed E-state index contributed by atoms with van der Waals surface area (Å²) in [6.07, 6.45) is 15.4. The molecule has 10 aromatic rings. The van der Waals surface area contributed by atoms with E-state index >= 15 is 0 Å². The number of fused-ring (bicyclic) bond motifs is 9. The van der Waals surface area contributed by atoms with Gasteiger partial charge < -0.3 is 9.13 Å². The second kappa shape index (κ2) is 14.6. The standard InChI is InChI=1S/C58H38N6.Pt/c1-38-27-31-59-52(34-38)57(50-25-7-4-19-44(50)47-22-12-29-61-54(47)57)41-16-9-14-39(35-41)56(49-24-6-3-18-43(49)46-21-11-28-60-53(46)56)40-15-10-17-42(36-40)58(64-33-32-63(2)37-64)51-26-8-5-20-45(51)48-23-13-30-62-55(48)58;/h3-34H,1-2H3;/q-2;. The van der Waals surface area contributed by atoms with E-state index in [1.807, 2.05) is 60.8 Å². The summed E-state index contributed by atoms with van der Waals surface area (Å²) < 4.78 is 4.15. The number of rotatable bonds is 6. The molecule has 7 heteroatoms. The molecule has 13 rings (SSSR count). The van der Waals surface area contributed by atoms with E-state index < -0.39 is 16.4 Å². The van der Waals surface area contributed by atoms with E-state index in [2.05, 4.69) is 176 Å². The third kappa shape index (κ3) is 5.12. The minimum atomic E-state index is -0.942. The Hall–Kier alpha value is -7.40. The maximum absolute atomic E-state index is 5.35.